The summed E-state index contributed by atoms with van der Waals surface area (Å²) in [6.07, 6.45) is 0. The Balaban J connectivity index is 1.78. The second-order valence-electron chi connectivity index (χ2n) is 9.87. The molecule has 10 nitrogen and oxygen atoms in total. The Morgan fingerprint density at radius 3 is 1.55 bits per heavy atom. The Labute approximate surface area is 272 Å². The third kappa shape index (κ3) is 7.26. The fraction of sp³-hybridized carbons (Fsp3) is 0.303. The summed E-state index contributed by atoms with van der Waals surface area (Å²) in [5.74, 6) is 4.87. The molecule has 3 N–H and O–H groups in total. The van der Waals surface area contributed by atoms with Gasteiger partial charge in [-0.1, -0.05) is 0 Å². The maximum Gasteiger partial charge on any atom is 0.154 e. The Kier molecular flexibility index (Phi) is 11.1. The first kappa shape index (κ1) is 32.6. The van der Waals surface area contributed by atoms with Crippen molar-refractivity contribution in [1.82, 2.24) is 4.98 Å². The number of aromatic nitrogens is 1. The zero-order chi connectivity index (χ0) is 31.8. The third-order valence-corrected chi connectivity index (χ3v) is 8.60. The molecule has 0 atom stereocenters. The minimum Gasteiger partial charge on any atom is -0.497 e. The predicted octanol–water partition coefficient (Wildman–Crippen LogP) is 6.45. The summed E-state index contributed by atoms with van der Waals surface area (Å²) >= 11 is 2.29. The highest BCUT2D eigenvalue weighted by Crippen LogP contribution is 2.39. The molecule has 0 aliphatic carbocycles. The monoisotopic (exact) mass is 714 g/mol. The Bertz CT molecular complexity index is 1540. The predicted molar refractivity (Wildman–Crippen MR) is 182 cm³/mol. The van der Waals surface area contributed by atoms with Gasteiger partial charge in [0.25, 0.3) is 0 Å². The van der Waals surface area contributed by atoms with E-state index in [2.05, 4.69) is 32.8 Å². The maximum atomic E-state index is 6.95. The molecule has 0 amide bonds. The van der Waals surface area contributed by atoms with E-state index >= 15 is 0 Å². The molecule has 4 aromatic rings. The SMILES string of the molecule is COc1ccc(CNc2c(N)c(N(Cc3ccc(OC)cc3OC)Cc3ccc(OC)cc3OC)nc(C)c2I)c(OC)c1. The summed E-state index contributed by atoms with van der Waals surface area (Å²) in [4.78, 5) is 7.11. The number of rotatable bonds is 14. The highest BCUT2D eigenvalue weighted by Gasteiger charge is 2.23. The van der Waals surface area contributed by atoms with Crippen LogP contribution < -0.4 is 44.4 Å². The van der Waals surface area contributed by atoms with E-state index < -0.39 is 0 Å². The van der Waals surface area contributed by atoms with E-state index in [0.29, 0.717) is 54.1 Å². The molecule has 0 bridgehead atoms. The van der Waals surface area contributed by atoms with Gasteiger partial charge in [0, 0.05) is 54.5 Å². The lowest BCUT2D eigenvalue weighted by Crippen LogP contribution is -2.26. The standard InChI is InChI=1S/C33H39IN4O6/c1-20-30(34)32(36-17-21-8-11-24(39-2)14-27(21)42-5)31(35)33(37-20)38(18-22-9-12-25(40-3)15-28(22)43-6)19-23-10-13-26(41-4)16-29(23)44-7/h8-16H,17-19,35H2,1-7H3,(H,36,37). The number of ether oxygens (including phenoxy) is 6. The number of nitrogens with zero attached hydrogens (tertiary/aromatic N) is 2. The van der Waals surface area contributed by atoms with E-state index in [0.717, 1.165) is 43.1 Å². The molecule has 0 spiro atoms. The number of hydrogen-bond donors (Lipinski definition) is 2. The van der Waals surface area contributed by atoms with Gasteiger partial charge < -0.3 is 44.4 Å². The van der Waals surface area contributed by atoms with Gasteiger partial charge in [0.2, 0.25) is 0 Å². The number of hydrogen-bond acceptors (Lipinski definition) is 10. The molecule has 3 aromatic carbocycles. The van der Waals surface area contributed by atoms with Crippen molar-refractivity contribution in [2.45, 2.75) is 26.6 Å². The number of nitrogens with one attached hydrogen (secondary N) is 1. The molecule has 4 rings (SSSR count). The topological polar surface area (TPSA) is 110 Å². The number of nitrogens with two attached hydrogens (primary N) is 1. The van der Waals surface area contributed by atoms with Crippen LogP contribution >= 0.6 is 22.6 Å². The van der Waals surface area contributed by atoms with Gasteiger partial charge in [-0.25, -0.2) is 4.98 Å². The van der Waals surface area contributed by atoms with Crippen LogP contribution in [0.3, 0.4) is 0 Å². The largest absolute Gasteiger partial charge is 0.497 e. The van der Waals surface area contributed by atoms with Crippen LogP contribution in [0.25, 0.3) is 0 Å². The quantitative estimate of drug-likeness (QED) is 0.142. The number of halogens is 1. The lowest BCUT2D eigenvalue weighted by atomic mass is 10.1. The molecule has 0 unspecified atom stereocenters. The minimum atomic E-state index is 0.450. The molecule has 1 heterocycles. The van der Waals surface area contributed by atoms with Crippen molar-refractivity contribution >= 4 is 39.8 Å². The van der Waals surface area contributed by atoms with Crippen LogP contribution in [0.1, 0.15) is 22.4 Å². The van der Waals surface area contributed by atoms with Crippen molar-refractivity contribution in [3.63, 3.8) is 0 Å². The third-order valence-electron chi connectivity index (χ3n) is 7.28. The van der Waals surface area contributed by atoms with E-state index in [1.165, 1.54) is 0 Å². The molecule has 0 aliphatic rings. The van der Waals surface area contributed by atoms with Crippen LogP contribution in [0.15, 0.2) is 54.6 Å². The van der Waals surface area contributed by atoms with Crippen molar-refractivity contribution in [3.8, 4) is 34.5 Å². The van der Waals surface area contributed by atoms with Gasteiger partial charge in [-0.2, -0.15) is 0 Å². The van der Waals surface area contributed by atoms with Crippen LogP contribution in [-0.2, 0) is 19.6 Å². The summed E-state index contributed by atoms with van der Waals surface area (Å²) in [7, 11) is 9.83. The van der Waals surface area contributed by atoms with Crippen molar-refractivity contribution in [2.24, 2.45) is 0 Å². The molecular formula is C33H39IN4O6. The molecule has 0 saturated carbocycles. The summed E-state index contributed by atoms with van der Waals surface area (Å²) in [6.45, 7) is 3.36. The van der Waals surface area contributed by atoms with Crippen LogP contribution in [0.2, 0.25) is 0 Å². The number of nitrogen functional groups attached to an aromatic ring is 1. The minimum absolute atomic E-state index is 0.450. The smallest absolute Gasteiger partial charge is 0.154 e. The van der Waals surface area contributed by atoms with Gasteiger partial charge in [-0.05, 0) is 65.9 Å². The molecular weight excluding hydrogens is 675 g/mol. The fourth-order valence-corrected chi connectivity index (χ4v) is 5.46. The van der Waals surface area contributed by atoms with Crippen LogP contribution in [0.4, 0.5) is 17.2 Å². The van der Waals surface area contributed by atoms with Gasteiger partial charge in [-0.3, -0.25) is 0 Å². The Morgan fingerprint density at radius 1 is 0.682 bits per heavy atom. The van der Waals surface area contributed by atoms with E-state index in [1.807, 2.05) is 61.5 Å². The zero-order valence-electron chi connectivity index (χ0n) is 26.1. The first-order chi connectivity index (χ1) is 21.3. The van der Waals surface area contributed by atoms with Gasteiger partial charge in [-0.15, -0.1) is 0 Å². The molecule has 0 fully saturated rings. The normalized spacial score (nSPS) is 10.6. The number of pyridine rings is 1. The number of benzene rings is 3. The Morgan fingerprint density at radius 2 is 1.11 bits per heavy atom. The first-order valence-corrected chi connectivity index (χ1v) is 14.9. The highest BCUT2D eigenvalue weighted by atomic mass is 127. The van der Waals surface area contributed by atoms with E-state index in [1.54, 1.807) is 42.7 Å². The summed E-state index contributed by atoms with van der Waals surface area (Å²) in [5, 5.41) is 3.55. The van der Waals surface area contributed by atoms with E-state index in [-0.39, 0.29) is 0 Å². The molecule has 11 heteroatoms. The molecule has 44 heavy (non-hydrogen) atoms. The van der Waals surface area contributed by atoms with Gasteiger partial charge >= 0.3 is 0 Å². The second-order valence-corrected chi connectivity index (χ2v) is 10.9. The lowest BCUT2D eigenvalue weighted by molar-refractivity contribution is 0.389. The van der Waals surface area contributed by atoms with Crippen molar-refractivity contribution in [3.05, 3.63) is 80.6 Å². The summed E-state index contributed by atoms with van der Waals surface area (Å²) in [6, 6.07) is 17.3. The lowest BCUT2D eigenvalue weighted by Gasteiger charge is -2.29. The molecule has 0 saturated heterocycles. The number of aryl methyl sites for hydroxylation is 1. The number of anilines is 3. The average Bonchev–Trinajstić information content (AvgIpc) is 3.06. The van der Waals surface area contributed by atoms with Gasteiger partial charge in [0.15, 0.2) is 5.82 Å². The van der Waals surface area contributed by atoms with E-state index in [4.69, 9.17) is 39.1 Å². The molecule has 0 radical (unpaired) electrons. The van der Waals surface area contributed by atoms with Crippen LogP contribution in [0, 0.1) is 10.5 Å². The van der Waals surface area contributed by atoms with Gasteiger partial charge in [0.05, 0.1) is 63.3 Å². The molecule has 234 valence electrons. The van der Waals surface area contributed by atoms with Crippen LogP contribution in [0.5, 0.6) is 34.5 Å². The zero-order valence-corrected chi connectivity index (χ0v) is 28.3. The second kappa shape index (κ2) is 15.0. The maximum absolute atomic E-state index is 6.95. The highest BCUT2D eigenvalue weighted by molar-refractivity contribution is 14.1. The number of methoxy groups -OCH3 is 6. The van der Waals surface area contributed by atoms with Crippen LogP contribution in [-0.4, -0.2) is 47.6 Å². The summed E-state index contributed by atoms with van der Waals surface area (Å²) < 4.78 is 34.2. The van der Waals surface area contributed by atoms with Crippen molar-refractivity contribution in [1.29, 1.82) is 0 Å². The van der Waals surface area contributed by atoms with E-state index in [9.17, 15) is 0 Å². The van der Waals surface area contributed by atoms with Crippen molar-refractivity contribution < 1.29 is 28.4 Å². The fourth-order valence-electron chi connectivity index (χ4n) is 4.86. The molecule has 0 aliphatic heterocycles. The Hall–Kier alpha value is -4.26. The van der Waals surface area contributed by atoms with Crippen molar-refractivity contribution in [2.75, 3.05) is 58.6 Å². The van der Waals surface area contributed by atoms with Gasteiger partial charge in [0.1, 0.15) is 34.5 Å². The first-order valence-electron chi connectivity index (χ1n) is 13.8. The summed E-state index contributed by atoms with van der Waals surface area (Å²) in [5.41, 5.74) is 11.9. The average molecular weight is 715 g/mol. The molecule has 1 aromatic heterocycles.